The first-order valence-corrected chi connectivity index (χ1v) is 16.8. The van der Waals surface area contributed by atoms with Gasteiger partial charge in [-0.05, 0) is 54.8 Å². The van der Waals surface area contributed by atoms with Gasteiger partial charge in [0.25, 0.3) is 11.8 Å². The number of allylic oxidation sites excluding steroid dienone is 4. The number of halogens is 2. The molecule has 0 fully saturated rings. The summed E-state index contributed by atoms with van der Waals surface area (Å²) in [5.74, 6) is -2.50. The molecule has 0 saturated carbocycles. The molecule has 0 bridgehead atoms. The number of aliphatic imine (C=N–C) groups is 1. The first-order chi connectivity index (χ1) is 23.7. The maximum Gasteiger partial charge on any atom is 0.344 e. The standard InChI is InChI=1S/C37H33Cl2N3O6S/c1-4-7-18-27(5-2)42-36(46)28(19-24-20-29(38)34(30(39)21-24)48-22-32(44)47-6-3)35(45)41-37(42)49-23-31(43)40-33(25-14-10-8-11-15-25)26-16-12-9-13-17-26/h4-5,7-21,33H,1,6,22-23H2,2-3H3,(H,40,43)/b18-7-,27-5+,28-19+. The quantitative estimate of drug-likeness (QED) is 0.0853. The van der Waals surface area contributed by atoms with Crippen molar-refractivity contribution in [1.29, 1.82) is 0 Å². The van der Waals surface area contributed by atoms with Crippen LogP contribution in [0.5, 0.6) is 5.75 Å². The van der Waals surface area contributed by atoms with Gasteiger partial charge in [-0.3, -0.25) is 19.3 Å². The van der Waals surface area contributed by atoms with Crippen LogP contribution in [0, 0.1) is 0 Å². The Balaban J connectivity index is 1.61. The third kappa shape index (κ3) is 9.82. The predicted octanol–water partition coefficient (Wildman–Crippen LogP) is 7.33. The zero-order valence-electron chi connectivity index (χ0n) is 26.7. The summed E-state index contributed by atoms with van der Waals surface area (Å²) in [4.78, 5) is 57.9. The van der Waals surface area contributed by atoms with Crippen molar-refractivity contribution in [2.75, 3.05) is 19.0 Å². The molecule has 0 unspecified atom stereocenters. The molecule has 0 spiro atoms. The van der Waals surface area contributed by atoms with E-state index in [1.165, 1.54) is 23.1 Å². The van der Waals surface area contributed by atoms with Crippen molar-refractivity contribution >= 4 is 69.9 Å². The number of hydrogen-bond donors (Lipinski definition) is 1. The van der Waals surface area contributed by atoms with Crippen LogP contribution in [0.15, 0.2) is 120 Å². The molecule has 3 amide bonds. The largest absolute Gasteiger partial charge is 0.479 e. The Hall–Kier alpha value is -4.90. The molecule has 9 nitrogen and oxygen atoms in total. The molecule has 12 heteroatoms. The fourth-order valence-electron chi connectivity index (χ4n) is 4.69. The number of carbonyl (C=O) groups excluding carboxylic acids is 4. The minimum absolute atomic E-state index is 0.0267. The lowest BCUT2D eigenvalue weighted by atomic mass is 9.99. The number of amides is 3. The number of rotatable bonds is 13. The second-order valence-corrected chi connectivity index (χ2v) is 12.0. The van der Waals surface area contributed by atoms with E-state index in [1.807, 2.05) is 60.7 Å². The van der Waals surface area contributed by atoms with Crippen LogP contribution in [0.4, 0.5) is 0 Å². The van der Waals surface area contributed by atoms with Crippen LogP contribution in [0.1, 0.15) is 36.6 Å². The zero-order chi connectivity index (χ0) is 35.3. The number of nitrogens with zero attached hydrogens (tertiary/aromatic N) is 2. The minimum Gasteiger partial charge on any atom is -0.479 e. The highest BCUT2D eigenvalue weighted by Crippen LogP contribution is 2.36. The van der Waals surface area contributed by atoms with E-state index in [-0.39, 0.29) is 44.8 Å². The maximum atomic E-state index is 14.0. The molecule has 1 heterocycles. The summed E-state index contributed by atoms with van der Waals surface area (Å²) < 4.78 is 10.3. The van der Waals surface area contributed by atoms with Gasteiger partial charge >= 0.3 is 5.97 Å². The van der Waals surface area contributed by atoms with E-state index < -0.39 is 30.4 Å². The second-order valence-electron chi connectivity index (χ2n) is 10.2. The number of nitrogens with one attached hydrogen (secondary N) is 1. The number of hydrogen-bond acceptors (Lipinski definition) is 7. The SMILES string of the molecule is C=C/C=C\C(=C/C)N1C(=O)/C(=C/c2cc(Cl)c(OCC(=O)OCC)c(Cl)c2)C(=O)N=C1SCC(=O)NC(c1ccccc1)c1ccccc1. The Morgan fingerprint density at radius 3 is 2.18 bits per heavy atom. The smallest absolute Gasteiger partial charge is 0.344 e. The van der Waals surface area contributed by atoms with Gasteiger partial charge < -0.3 is 14.8 Å². The Morgan fingerprint density at radius 2 is 1.63 bits per heavy atom. The lowest BCUT2D eigenvalue weighted by molar-refractivity contribution is -0.145. The molecule has 49 heavy (non-hydrogen) atoms. The summed E-state index contributed by atoms with van der Waals surface area (Å²) in [5, 5.41) is 3.19. The number of carbonyl (C=O) groups is 4. The van der Waals surface area contributed by atoms with Crippen molar-refractivity contribution in [1.82, 2.24) is 10.2 Å². The number of ether oxygens (including phenoxy) is 2. The van der Waals surface area contributed by atoms with Crippen molar-refractivity contribution in [3.8, 4) is 5.75 Å². The topological polar surface area (TPSA) is 114 Å². The van der Waals surface area contributed by atoms with E-state index in [0.29, 0.717) is 11.3 Å². The molecule has 252 valence electrons. The Kier molecular flexibility index (Phi) is 13.6. The lowest BCUT2D eigenvalue weighted by Crippen LogP contribution is -2.42. The molecule has 3 aromatic carbocycles. The first kappa shape index (κ1) is 36.9. The Labute approximate surface area is 299 Å². The van der Waals surface area contributed by atoms with Gasteiger partial charge in [0.15, 0.2) is 17.5 Å². The van der Waals surface area contributed by atoms with Gasteiger partial charge in [-0.1, -0.05) is 120 Å². The highest BCUT2D eigenvalue weighted by molar-refractivity contribution is 8.14. The van der Waals surface area contributed by atoms with Crippen LogP contribution >= 0.6 is 35.0 Å². The molecule has 0 saturated heterocycles. The molecule has 1 aliphatic heterocycles. The number of esters is 1. The minimum atomic E-state index is -0.811. The van der Waals surface area contributed by atoms with E-state index in [9.17, 15) is 19.2 Å². The van der Waals surface area contributed by atoms with Crippen LogP contribution in [-0.4, -0.2) is 52.7 Å². The highest BCUT2D eigenvalue weighted by Gasteiger charge is 2.35. The van der Waals surface area contributed by atoms with Crippen molar-refractivity contribution in [2.45, 2.75) is 19.9 Å². The highest BCUT2D eigenvalue weighted by atomic mass is 35.5. The molecule has 4 rings (SSSR count). The van der Waals surface area contributed by atoms with Gasteiger partial charge in [-0.2, -0.15) is 4.99 Å². The molecular weight excluding hydrogens is 685 g/mol. The maximum absolute atomic E-state index is 14.0. The average molecular weight is 719 g/mol. The van der Waals surface area contributed by atoms with E-state index >= 15 is 0 Å². The summed E-state index contributed by atoms with van der Waals surface area (Å²) in [6, 6.07) is 21.6. The molecule has 0 aromatic heterocycles. The Bertz CT molecular complexity index is 1780. The van der Waals surface area contributed by atoms with E-state index in [4.69, 9.17) is 32.7 Å². The first-order valence-electron chi connectivity index (χ1n) is 15.1. The van der Waals surface area contributed by atoms with Crippen LogP contribution in [0.2, 0.25) is 10.0 Å². The van der Waals surface area contributed by atoms with Crippen molar-refractivity contribution in [3.63, 3.8) is 0 Å². The van der Waals surface area contributed by atoms with E-state index in [2.05, 4.69) is 16.9 Å². The fourth-order valence-corrected chi connectivity index (χ4v) is 6.12. The van der Waals surface area contributed by atoms with Crippen LogP contribution in [0.25, 0.3) is 6.08 Å². The summed E-state index contributed by atoms with van der Waals surface area (Å²) in [6.45, 7) is 6.87. The van der Waals surface area contributed by atoms with Gasteiger partial charge in [0.2, 0.25) is 5.91 Å². The lowest BCUT2D eigenvalue weighted by Gasteiger charge is -2.28. The summed E-state index contributed by atoms with van der Waals surface area (Å²) in [7, 11) is 0. The molecule has 0 atom stereocenters. The molecule has 0 aliphatic carbocycles. The number of benzene rings is 3. The van der Waals surface area contributed by atoms with Crippen molar-refractivity contribution in [2.24, 2.45) is 4.99 Å². The molecule has 1 N–H and O–H groups in total. The zero-order valence-corrected chi connectivity index (χ0v) is 29.1. The molecule has 0 radical (unpaired) electrons. The third-order valence-corrected chi connectivity index (χ3v) is 8.38. The summed E-state index contributed by atoms with van der Waals surface area (Å²) in [6.07, 6.45) is 7.80. The van der Waals surface area contributed by atoms with E-state index in [0.717, 1.165) is 22.9 Å². The van der Waals surface area contributed by atoms with E-state index in [1.54, 1.807) is 38.2 Å². The number of amidine groups is 1. The summed E-state index contributed by atoms with van der Waals surface area (Å²) in [5.41, 5.74) is 2.25. The monoisotopic (exact) mass is 717 g/mol. The van der Waals surface area contributed by atoms with Gasteiger partial charge in [0.05, 0.1) is 28.4 Å². The van der Waals surface area contributed by atoms with Crippen molar-refractivity contribution in [3.05, 3.63) is 142 Å². The van der Waals surface area contributed by atoms with Crippen LogP contribution in [-0.2, 0) is 23.9 Å². The van der Waals surface area contributed by atoms with Gasteiger partial charge in [-0.15, -0.1) is 0 Å². The second kappa shape index (κ2) is 18.0. The van der Waals surface area contributed by atoms with Gasteiger partial charge in [-0.25, -0.2) is 4.79 Å². The van der Waals surface area contributed by atoms with Gasteiger partial charge in [0, 0.05) is 5.70 Å². The van der Waals surface area contributed by atoms with Crippen LogP contribution < -0.4 is 10.1 Å². The molecular formula is C37H33Cl2N3O6S. The van der Waals surface area contributed by atoms with Gasteiger partial charge in [0.1, 0.15) is 5.57 Å². The Morgan fingerprint density at radius 1 is 1.02 bits per heavy atom. The normalized spacial score (nSPS) is 14.3. The van der Waals surface area contributed by atoms with Crippen LogP contribution in [0.3, 0.4) is 0 Å². The summed E-state index contributed by atoms with van der Waals surface area (Å²) >= 11 is 13.7. The molecule has 3 aromatic rings. The number of thioether (sulfide) groups is 1. The van der Waals surface area contributed by atoms with Crippen molar-refractivity contribution < 1.29 is 28.7 Å². The predicted molar refractivity (Wildman–Crippen MR) is 194 cm³/mol. The third-order valence-electron chi connectivity index (χ3n) is 6.88. The fraction of sp³-hybridized carbons (Fsp3) is 0.162. The average Bonchev–Trinajstić information content (AvgIpc) is 3.09. The molecule has 1 aliphatic rings.